The summed E-state index contributed by atoms with van der Waals surface area (Å²) in [5.41, 5.74) is 0. The maximum atomic E-state index is 12.9. The summed E-state index contributed by atoms with van der Waals surface area (Å²) in [5.74, 6) is -0.262. The van der Waals surface area contributed by atoms with Crippen molar-refractivity contribution in [3.63, 3.8) is 0 Å². The van der Waals surface area contributed by atoms with Gasteiger partial charge in [-0.25, -0.2) is 4.39 Å². The Balaban J connectivity index is 2.18. The Bertz CT molecular complexity index is 385. The van der Waals surface area contributed by atoms with Crippen LogP contribution in [0.15, 0.2) is 23.1 Å². The van der Waals surface area contributed by atoms with Gasteiger partial charge in [0.15, 0.2) is 0 Å². The summed E-state index contributed by atoms with van der Waals surface area (Å²) in [6.07, 6.45) is 2.79. The van der Waals surface area contributed by atoms with Gasteiger partial charge in [-0.1, -0.05) is 18.0 Å². The summed E-state index contributed by atoms with van der Waals surface area (Å²) in [5, 5.41) is 8.59. The third-order valence-corrected chi connectivity index (χ3v) is 3.56. The molecule has 17 heavy (non-hydrogen) atoms. The molecule has 0 aliphatic heterocycles. The van der Waals surface area contributed by atoms with E-state index < -0.39 is 11.8 Å². The Hall–Kier alpha value is -0.740. The number of benzene rings is 1. The number of aliphatic carboxylic acids is 1. The SMILES string of the molecule is O=C(O)CCCCCSc1ccc(F)c(Cl)c1. The zero-order chi connectivity index (χ0) is 12.7. The molecule has 0 heterocycles. The van der Waals surface area contributed by atoms with Gasteiger partial charge in [-0.3, -0.25) is 4.79 Å². The Kier molecular flexibility index (Phi) is 6.37. The monoisotopic (exact) mass is 276 g/mol. The summed E-state index contributed by atoms with van der Waals surface area (Å²) < 4.78 is 12.9. The molecule has 0 saturated heterocycles. The van der Waals surface area contributed by atoms with Crippen molar-refractivity contribution < 1.29 is 14.3 Å². The smallest absolute Gasteiger partial charge is 0.303 e. The van der Waals surface area contributed by atoms with Gasteiger partial charge >= 0.3 is 5.97 Å². The lowest BCUT2D eigenvalue weighted by atomic mass is 10.2. The van der Waals surface area contributed by atoms with Gasteiger partial charge in [0, 0.05) is 11.3 Å². The van der Waals surface area contributed by atoms with E-state index in [1.807, 2.05) is 0 Å². The minimum atomic E-state index is -0.747. The van der Waals surface area contributed by atoms with E-state index in [-0.39, 0.29) is 11.4 Å². The van der Waals surface area contributed by atoms with Crippen LogP contribution in [0.4, 0.5) is 4.39 Å². The summed E-state index contributed by atoms with van der Waals surface area (Å²) in [4.78, 5) is 11.2. The summed E-state index contributed by atoms with van der Waals surface area (Å²) >= 11 is 7.26. The van der Waals surface area contributed by atoms with E-state index in [9.17, 15) is 9.18 Å². The molecule has 0 aliphatic carbocycles. The van der Waals surface area contributed by atoms with Gasteiger partial charge in [0.05, 0.1) is 5.02 Å². The topological polar surface area (TPSA) is 37.3 Å². The van der Waals surface area contributed by atoms with Crippen LogP contribution in [0.2, 0.25) is 5.02 Å². The highest BCUT2D eigenvalue weighted by Gasteiger charge is 2.01. The fraction of sp³-hybridized carbons (Fsp3) is 0.417. The Morgan fingerprint density at radius 2 is 2.12 bits per heavy atom. The van der Waals surface area contributed by atoms with E-state index >= 15 is 0 Å². The zero-order valence-corrected chi connectivity index (χ0v) is 10.9. The standard InChI is InChI=1S/C12H14ClFO2S/c13-10-8-9(5-6-11(10)14)17-7-3-1-2-4-12(15)16/h5-6,8H,1-4,7H2,(H,15,16). The second-order valence-corrected chi connectivity index (χ2v) is 5.20. The van der Waals surface area contributed by atoms with Crippen molar-refractivity contribution in [2.24, 2.45) is 0 Å². The second-order valence-electron chi connectivity index (χ2n) is 3.63. The molecule has 0 bridgehead atoms. The van der Waals surface area contributed by atoms with E-state index in [0.29, 0.717) is 6.42 Å². The molecule has 1 aromatic rings. The van der Waals surface area contributed by atoms with Crippen LogP contribution >= 0.6 is 23.4 Å². The van der Waals surface area contributed by atoms with E-state index in [1.165, 1.54) is 6.07 Å². The van der Waals surface area contributed by atoms with Crippen LogP contribution < -0.4 is 0 Å². The van der Waals surface area contributed by atoms with Gasteiger partial charge in [-0.05, 0) is 36.8 Å². The molecule has 94 valence electrons. The number of halogens is 2. The highest BCUT2D eigenvalue weighted by atomic mass is 35.5. The van der Waals surface area contributed by atoms with Crippen LogP contribution in [0.1, 0.15) is 25.7 Å². The molecule has 1 rings (SSSR count). The first-order chi connectivity index (χ1) is 8.09. The molecule has 0 aromatic heterocycles. The predicted octanol–water partition coefficient (Wildman–Crippen LogP) is 4.22. The molecular formula is C12H14ClFO2S. The average Bonchev–Trinajstić information content (AvgIpc) is 2.27. The fourth-order valence-electron chi connectivity index (χ4n) is 1.31. The highest BCUT2D eigenvalue weighted by molar-refractivity contribution is 7.99. The van der Waals surface area contributed by atoms with Gasteiger partial charge in [0.25, 0.3) is 0 Å². The predicted molar refractivity (Wildman–Crippen MR) is 68.2 cm³/mol. The summed E-state index contributed by atoms with van der Waals surface area (Å²) in [6.45, 7) is 0. The van der Waals surface area contributed by atoms with Gasteiger partial charge in [0.1, 0.15) is 5.82 Å². The van der Waals surface area contributed by atoms with Gasteiger partial charge in [0.2, 0.25) is 0 Å². The largest absolute Gasteiger partial charge is 0.481 e. The van der Waals surface area contributed by atoms with E-state index in [0.717, 1.165) is 23.5 Å². The lowest BCUT2D eigenvalue weighted by molar-refractivity contribution is -0.137. The van der Waals surface area contributed by atoms with E-state index in [1.54, 1.807) is 23.9 Å². The number of unbranched alkanes of at least 4 members (excludes halogenated alkanes) is 2. The van der Waals surface area contributed by atoms with Crippen LogP contribution in [0.25, 0.3) is 0 Å². The van der Waals surface area contributed by atoms with Crippen molar-refractivity contribution in [2.45, 2.75) is 30.6 Å². The molecule has 0 unspecified atom stereocenters. The number of hydrogen-bond donors (Lipinski definition) is 1. The molecule has 0 amide bonds. The van der Waals surface area contributed by atoms with Crippen LogP contribution in [0.3, 0.4) is 0 Å². The molecule has 0 aliphatic rings. The Morgan fingerprint density at radius 1 is 1.35 bits per heavy atom. The zero-order valence-electron chi connectivity index (χ0n) is 9.29. The van der Waals surface area contributed by atoms with Crippen LogP contribution in [0, 0.1) is 5.82 Å². The van der Waals surface area contributed by atoms with Crippen molar-refractivity contribution in [3.05, 3.63) is 29.0 Å². The molecule has 5 heteroatoms. The van der Waals surface area contributed by atoms with Crippen LogP contribution in [-0.2, 0) is 4.79 Å². The summed E-state index contributed by atoms with van der Waals surface area (Å²) in [7, 11) is 0. The highest BCUT2D eigenvalue weighted by Crippen LogP contribution is 2.24. The molecule has 2 nitrogen and oxygen atoms in total. The molecule has 1 N–H and O–H groups in total. The maximum absolute atomic E-state index is 12.9. The molecule has 0 radical (unpaired) electrons. The first kappa shape index (κ1) is 14.3. The van der Waals surface area contributed by atoms with Crippen LogP contribution in [-0.4, -0.2) is 16.8 Å². The summed E-state index contributed by atoms with van der Waals surface area (Å²) in [6, 6.07) is 4.66. The Morgan fingerprint density at radius 3 is 2.76 bits per heavy atom. The van der Waals surface area contributed by atoms with Crippen molar-refractivity contribution in [3.8, 4) is 0 Å². The van der Waals surface area contributed by atoms with Crippen molar-refractivity contribution >= 4 is 29.3 Å². The van der Waals surface area contributed by atoms with Crippen LogP contribution in [0.5, 0.6) is 0 Å². The minimum Gasteiger partial charge on any atom is -0.481 e. The van der Waals surface area contributed by atoms with E-state index in [4.69, 9.17) is 16.7 Å². The minimum absolute atomic E-state index is 0.140. The molecule has 1 aromatic carbocycles. The molecular weight excluding hydrogens is 263 g/mol. The van der Waals surface area contributed by atoms with Crippen molar-refractivity contribution in [1.82, 2.24) is 0 Å². The number of thioether (sulfide) groups is 1. The normalized spacial score (nSPS) is 10.5. The number of rotatable bonds is 7. The molecule has 0 atom stereocenters. The van der Waals surface area contributed by atoms with Gasteiger partial charge in [-0.2, -0.15) is 0 Å². The third kappa shape index (κ3) is 5.94. The molecule has 0 spiro atoms. The first-order valence-corrected chi connectivity index (χ1v) is 6.75. The molecule has 0 saturated carbocycles. The lowest BCUT2D eigenvalue weighted by Gasteiger charge is -2.02. The fourth-order valence-corrected chi connectivity index (χ4v) is 2.51. The number of hydrogen-bond acceptors (Lipinski definition) is 2. The average molecular weight is 277 g/mol. The quantitative estimate of drug-likeness (QED) is 0.598. The molecule has 0 fully saturated rings. The number of carboxylic acids is 1. The third-order valence-electron chi connectivity index (χ3n) is 2.19. The second kappa shape index (κ2) is 7.56. The maximum Gasteiger partial charge on any atom is 0.303 e. The lowest BCUT2D eigenvalue weighted by Crippen LogP contribution is -1.93. The van der Waals surface area contributed by atoms with E-state index in [2.05, 4.69) is 0 Å². The van der Waals surface area contributed by atoms with Crippen molar-refractivity contribution in [2.75, 3.05) is 5.75 Å². The Labute approximate surface area is 109 Å². The first-order valence-electron chi connectivity index (χ1n) is 5.39. The number of carbonyl (C=O) groups is 1. The van der Waals surface area contributed by atoms with Gasteiger partial charge < -0.3 is 5.11 Å². The van der Waals surface area contributed by atoms with Crippen molar-refractivity contribution in [1.29, 1.82) is 0 Å². The van der Waals surface area contributed by atoms with Gasteiger partial charge in [-0.15, -0.1) is 11.8 Å². The number of carboxylic acid groups (broad SMARTS) is 1.